The molecule has 37 heavy (non-hydrogen) atoms. The summed E-state index contributed by atoms with van der Waals surface area (Å²) in [6, 6.07) is 21.4. The van der Waals surface area contributed by atoms with Gasteiger partial charge in [-0.15, -0.1) is 11.3 Å². The summed E-state index contributed by atoms with van der Waals surface area (Å²) in [5.41, 5.74) is 2.80. The quantitative estimate of drug-likeness (QED) is 0.261. The van der Waals surface area contributed by atoms with Crippen molar-refractivity contribution in [1.82, 2.24) is 4.98 Å². The van der Waals surface area contributed by atoms with Crippen LogP contribution in [0.5, 0.6) is 5.75 Å². The number of sulfonamides is 1. The first kappa shape index (κ1) is 23.8. The molecule has 0 spiro atoms. The average Bonchev–Trinajstić information content (AvgIpc) is 3.50. The Labute approximate surface area is 221 Å². The maximum absolute atomic E-state index is 13.5. The molecular formula is C27H21N3O4S3. The Hall–Kier alpha value is -3.60. The molecule has 1 aliphatic rings. The number of aromatic hydroxyl groups is 1. The topological polar surface area (TPSA) is 99.6 Å². The van der Waals surface area contributed by atoms with Crippen molar-refractivity contribution in [1.29, 1.82) is 0 Å². The first-order chi connectivity index (χ1) is 17.8. The number of carbonyl (C=O) groups excluding carboxylic acids is 1. The third kappa shape index (κ3) is 4.30. The number of phenols is 1. The second kappa shape index (κ2) is 9.05. The average molecular weight is 548 g/mol. The number of hydrogen-bond donors (Lipinski definition) is 2. The molecule has 186 valence electrons. The van der Waals surface area contributed by atoms with Crippen LogP contribution in [0.1, 0.15) is 12.5 Å². The highest BCUT2D eigenvalue weighted by molar-refractivity contribution is 8.01. The molecule has 0 bridgehead atoms. The van der Waals surface area contributed by atoms with Gasteiger partial charge in [-0.05, 0) is 48.4 Å². The molecule has 0 radical (unpaired) electrons. The van der Waals surface area contributed by atoms with Crippen molar-refractivity contribution in [2.24, 2.45) is 0 Å². The van der Waals surface area contributed by atoms with E-state index in [0.29, 0.717) is 34.3 Å². The van der Waals surface area contributed by atoms with Crippen LogP contribution in [0.3, 0.4) is 0 Å². The predicted octanol–water partition coefficient (Wildman–Crippen LogP) is 6.02. The van der Waals surface area contributed by atoms with Gasteiger partial charge in [-0.1, -0.05) is 48.2 Å². The maximum atomic E-state index is 13.5. The number of nitrogens with zero attached hydrogens (tertiary/aromatic N) is 2. The second-order valence-electron chi connectivity index (χ2n) is 8.68. The first-order valence-electron chi connectivity index (χ1n) is 11.5. The van der Waals surface area contributed by atoms with E-state index in [1.54, 1.807) is 47.4 Å². The summed E-state index contributed by atoms with van der Waals surface area (Å²) in [6.07, 6.45) is 0.601. The van der Waals surface area contributed by atoms with Crippen LogP contribution in [0.2, 0.25) is 0 Å². The predicted molar refractivity (Wildman–Crippen MR) is 148 cm³/mol. The summed E-state index contributed by atoms with van der Waals surface area (Å²) in [5, 5.41) is 12.2. The highest BCUT2D eigenvalue weighted by Crippen LogP contribution is 2.44. The highest BCUT2D eigenvalue weighted by Gasteiger charge is 2.25. The van der Waals surface area contributed by atoms with E-state index < -0.39 is 10.0 Å². The molecule has 0 unspecified atom stereocenters. The summed E-state index contributed by atoms with van der Waals surface area (Å²) in [6.45, 7) is 2.04. The summed E-state index contributed by atoms with van der Waals surface area (Å²) in [5.74, 6) is 0.00543. The summed E-state index contributed by atoms with van der Waals surface area (Å²) in [4.78, 5) is 18.8. The number of amides is 1. The molecule has 10 heteroatoms. The van der Waals surface area contributed by atoms with Gasteiger partial charge in [0.05, 0.1) is 25.7 Å². The lowest BCUT2D eigenvalue weighted by Gasteiger charge is -2.16. The standard InChI is InChI=1S/C27H21N3O4S3/c1-16(31)30-13-12-17-14-18(10-11-23(17)30)37(33,34)29-22-15-25(26(32)20-7-3-2-6-19(20)22)36-27-28-21-8-4-5-9-24(21)35-27/h2-11,14-15,29,32H,12-13H2,1H3. The van der Waals surface area contributed by atoms with Gasteiger partial charge in [0.25, 0.3) is 10.0 Å². The minimum atomic E-state index is -3.94. The number of nitrogens with one attached hydrogen (secondary N) is 1. The van der Waals surface area contributed by atoms with Crippen molar-refractivity contribution in [3.05, 3.63) is 78.4 Å². The molecule has 6 rings (SSSR count). The Kier molecular flexibility index (Phi) is 5.82. The maximum Gasteiger partial charge on any atom is 0.261 e. The first-order valence-corrected chi connectivity index (χ1v) is 14.6. The van der Waals surface area contributed by atoms with Crippen molar-refractivity contribution >= 4 is 71.4 Å². The van der Waals surface area contributed by atoms with E-state index in [1.807, 2.05) is 24.3 Å². The highest BCUT2D eigenvalue weighted by atomic mass is 32.2. The molecule has 0 fully saturated rings. The summed E-state index contributed by atoms with van der Waals surface area (Å²) >= 11 is 2.80. The van der Waals surface area contributed by atoms with Gasteiger partial charge in [-0.25, -0.2) is 13.4 Å². The van der Waals surface area contributed by atoms with Gasteiger partial charge in [0.15, 0.2) is 4.34 Å². The van der Waals surface area contributed by atoms with Gasteiger partial charge in [-0.3, -0.25) is 9.52 Å². The van der Waals surface area contributed by atoms with E-state index >= 15 is 0 Å². The molecule has 5 aromatic rings. The molecule has 4 aromatic carbocycles. The number of phenolic OH excluding ortho intramolecular Hbond substituents is 1. The van der Waals surface area contributed by atoms with E-state index in [4.69, 9.17) is 0 Å². The monoisotopic (exact) mass is 547 g/mol. The molecule has 0 aliphatic carbocycles. The van der Waals surface area contributed by atoms with Gasteiger partial charge in [0.2, 0.25) is 5.91 Å². The molecule has 0 atom stereocenters. The number of hydrogen-bond acceptors (Lipinski definition) is 7. The molecule has 0 saturated carbocycles. The van der Waals surface area contributed by atoms with Crippen molar-refractivity contribution < 1.29 is 18.3 Å². The zero-order valence-electron chi connectivity index (χ0n) is 19.6. The van der Waals surface area contributed by atoms with Crippen LogP contribution in [0.4, 0.5) is 11.4 Å². The molecule has 2 heterocycles. The van der Waals surface area contributed by atoms with Crippen LogP contribution in [-0.4, -0.2) is 31.0 Å². The number of fused-ring (bicyclic) bond motifs is 3. The van der Waals surface area contributed by atoms with Crippen LogP contribution in [0.15, 0.2) is 86.9 Å². The third-order valence-corrected chi connectivity index (χ3v) is 9.83. The van der Waals surface area contributed by atoms with Crippen molar-refractivity contribution in [3.8, 4) is 5.75 Å². The third-order valence-electron chi connectivity index (χ3n) is 6.33. The molecule has 1 aromatic heterocycles. The smallest absolute Gasteiger partial charge is 0.261 e. The van der Waals surface area contributed by atoms with Gasteiger partial charge >= 0.3 is 0 Å². The number of rotatable bonds is 5. The van der Waals surface area contributed by atoms with Gasteiger partial charge in [0, 0.05) is 29.9 Å². The SMILES string of the molecule is CC(=O)N1CCc2cc(S(=O)(=O)Nc3cc(Sc4nc5ccccc5s4)c(O)c4ccccc34)ccc21. The van der Waals surface area contributed by atoms with Crippen LogP contribution in [-0.2, 0) is 21.2 Å². The fourth-order valence-electron chi connectivity index (χ4n) is 4.56. The normalized spacial score (nSPS) is 13.3. The van der Waals surface area contributed by atoms with E-state index in [-0.39, 0.29) is 16.6 Å². The van der Waals surface area contributed by atoms with Crippen LogP contribution in [0.25, 0.3) is 21.0 Å². The molecule has 1 amide bonds. The van der Waals surface area contributed by atoms with Crippen molar-refractivity contribution in [2.75, 3.05) is 16.2 Å². The number of para-hydroxylation sites is 1. The molecule has 2 N–H and O–H groups in total. The minimum absolute atomic E-state index is 0.0683. The summed E-state index contributed by atoms with van der Waals surface area (Å²) in [7, 11) is -3.94. The molecular weight excluding hydrogens is 527 g/mol. The zero-order valence-corrected chi connectivity index (χ0v) is 22.1. The van der Waals surface area contributed by atoms with Gasteiger partial charge in [0.1, 0.15) is 5.75 Å². The lowest BCUT2D eigenvalue weighted by atomic mass is 10.1. The molecule has 1 aliphatic heterocycles. The van der Waals surface area contributed by atoms with Gasteiger partial charge < -0.3 is 10.0 Å². The van der Waals surface area contributed by atoms with E-state index in [0.717, 1.165) is 25.8 Å². The largest absolute Gasteiger partial charge is 0.506 e. The Morgan fingerprint density at radius 2 is 1.81 bits per heavy atom. The fourth-order valence-corrected chi connectivity index (χ4v) is 7.80. The van der Waals surface area contributed by atoms with Crippen LogP contribution >= 0.6 is 23.1 Å². The lowest BCUT2D eigenvalue weighted by molar-refractivity contribution is -0.116. The number of anilines is 2. The number of aromatic nitrogens is 1. The van der Waals surface area contributed by atoms with Crippen LogP contribution in [0, 0.1) is 0 Å². The Morgan fingerprint density at radius 3 is 2.59 bits per heavy atom. The van der Waals surface area contributed by atoms with E-state index in [1.165, 1.54) is 36.1 Å². The summed E-state index contributed by atoms with van der Waals surface area (Å²) < 4.78 is 31.4. The van der Waals surface area contributed by atoms with Gasteiger partial charge in [-0.2, -0.15) is 0 Å². The lowest BCUT2D eigenvalue weighted by Crippen LogP contribution is -2.25. The molecule has 7 nitrogen and oxygen atoms in total. The minimum Gasteiger partial charge on any atom is -0.506 e. The van der Waals surface area contributed by atoms with E-state index in [9.17, 15) is 18.3 Å². The Morgan fingerprint density at radius 1 is 1.05 bits per heavy atom. The zero-order chi connectivity index (χ0) is 25.7. The van der Waals surface area contributed by atoms with Crippen molar-refractivity contribution in [3.63, 3.8) is 0 Å². The van der Waals surface area contributed by atoms with Crippen LogP contribution < -0.4 is 9.62 Å². The number of benzene rings is 4. The second-order valence-corrected chi connectivity index (χ2v) is 12.7. The number of carbonyl (C=O) groups is 1. The Bertz CT molecular complexity index is 1780. The Balaban J connectivity index is 1.39. The van der Waals surface area contributed by atoms with Crippen molar-refractivity contribution in [2.45, 2.75) is 27.5 Å². The number of thiazole rings is 1. The molecule has 0 saturated heterocycles. The fraction of sp³-hybridized carbons (Fsp3) is 0.111. The van der Waals surface area contributed by atoms with E-state index in [2.05, 4.69) is 9.71 Å².